The Bertz CT molecular complexity index is 629. The van der Waals surface area contributed by atoms with E-state index in [2.05, 4.69) is 5.32 Å². The lowest BCUT2D eigenvalue weighted by atomic mass is 10.0. The van der Waals surface area contributed by atoms with Gasteiger partial charge in [0.05, 0.1) is 10.1 Å². The molecule has 23 heavy (non-hydrogen) atoms. The van der Waals surface area contributed by atoms with Gasteiger partial charge in [-0.3, -0.25) is 4.79 Å². The van der Waals surface area contributed by atoms with Crippen LogP contribution in [0.25, 0.3) is 0 Å². The SMILES string of the molecule is CC(C)S(=O)(=O)c1ccc(C(=O)NC2CCCC2CN)cc1.Cl. The van der Waals surface area contributed by atoms with Gasteiger partial charge in [-0.1, -0.05) is 6.42 Å². The van der Waals surface area contributed by atoms with Crippen molar-refractivity contribution in [3.05, 3.63) is 29.8 Å². The van der Waals surface area contributed by atoms with Crippen molar-refractivity contribution in [3.8, 4) is 0 Å². The Morgan fingerprint density at radius 1 is 1.26 bits per heavy atom. The van der Waals surface area contributed by atoms with E-state index in [1.165, 1.54) is 12.1 Å². The zero-order valence-electron chi connectivity index (χ0n) is 13.5. The van der Waals surface area contributed by atoms with Crippen LogP contribution in [-0.4, -0.2) is 32.2 Å². The highest BCUT2D eigenvalue weighted by Gasteiger charge is 2.27. The van der Waals surface area contributed by atoms with Crippen LogP contribution < -0.4 is 11.1 Å². The van der Waals surface area contributed by atoms with Gasteiger partial charge in [0.25, 0.3) is 5.91 Å². The minimum Gasteiger partial charge on any atom is -0.349 e. The Hall–Kier alpha value is -1.11. The maximum atomic E-state index is 12.3. The Kier molecular flexibility index (Phi) is 7.04. The lowest BCUT2D eigenvalue weighted by Crippen LogP contribution is -2.39. The summed E-state index contributed by atoms with van der Waals surface area (Å²) in [6, 6.07) is 6.25. The van der Waals surface area contributed by atoms with Crippen LogP contribution in [0.3, 0.4) is 0 Å². The molecule has 2 atom stereocenters. The molecule has 5 nitrogen and oxygen atoms in total. The zero-order chi connectivity index (χ0) is 16.3. The van der Waals surface area contributed by atoms with Crippen LogP contribution in [0, 0.1) is 5.92 Å². The molecule has 1 aromatic rings. The van der Waals surface area contributed by atoms with E-state index < -0.39 is 15.1 Å². The van der Waals surface area contributed by atoms with Gasteiger partial charge in [-0.2, -0.15) is 0 Å². The number of carbonyl (C=O) groups is 1. The van der Waals surface area contributed by atoms with E-state index in [1.807, 2.05) is 0 Å². The fourth-order valence-corrected chi connectivity index (χ4v) is 3.89. The number of hydrogen-bond acceptors (Lipinski definition) is 4. The van der Waals surface area contributed by atoms with Gasteiger partial charge in [0.15, 0.2) is 9.84 Å². The second-order valence-corrected chi connectivity index (χ2v) is 8.63. The van der Waals surface area contributed by atoms with Crippen LogP contribution in [0.15, 0.2) is 29.2 Å². The van der Waals surface area contributed by atoms with Crippen LogP contribution in [0.2, 0.25) is 0 Å². The summed E-state index contributed by atoms with van der Waals surface area (Å²) in [6.07, 6.45) is 3.08. The van der Waals surface area contributed by atoms with E-state index in [4.69, 9.17) is 5.73 Å². The fourth-order valence-electron chi connectivity index (χ4n) is 2.83. The summed E-state index contributed by atoms with van der Waals surface area (Å²) in [4.78, 5) is 12.5. The minimum atomic E-state index is -3.30. The van der Waals surface area contributed by atoms with Gasteiger partial charge >= 0.3 is 0 Å². The molecule has 1 saturated carbocycles. The highest BCUT2D eigenvalue weighted by Crippen LogP contribution is 2.25. The van der Waals surface area contributed by atoms with Crippen LogP contribution in [0.1, 0.15) is 43.5 Å². The van der Waals surface area contributed by atoms with Gasteiger partial charge in [0.1, 0.15) is 0 Å². The van der Waals surface area contributed by atoms with Gasteiger partial charge in [0, 0.05) is 11.6 Å². The van der Waals surface area contributed by atoms with Crippen molar-refractivity contribution >= 4 is 28.2 Å². The Balaban J connectivity index is 0.00000264. The van der Waals surface area contributed by atoms with E-state index in [9.17, 15) is 13.2 Å². The molecule has 0 aromatic heterocycles. The number of carbonyl (C=O) groups excluding carboxylic acids is 1. The number of halogens is 1. The maximum Gasteiger partial charge on any atom is 0.251 e. The molecule has 0 bridgehead atoms. The Labute approximate surface area is 144 Å². The smallest absolute Gasteiger partial charge is 0.251 e. The topological polar surface area (TPSA) is 89.3 Å². The van der Waals surface area contributed by atoms with Crippen molar-refractivity contribution < 1.29 is 13.2 Å². The van der Waals surface area contributed by atoms with Crippen molar-refractivity contribution in [2.45, 2.75) is 49.3 Å². The molecule has 0 aliphatic heterocycles. The van der Waals surface area contributed by atoms with E-state index >= 15 is 0 Å². The minimum absolute atomic E-state index is 0. The summed E-state index contributed by atoms with van der Waals surface area (Å²) in [6.45, 7) is 3.86. The third-order valence-corrected chi connectivity index (χ3v) is 6.51. The van der Waals surface area contributed by atoms with Gasteiger partial charge in [0.2, 0.25) is 0 Å². The number of sulfone groups is 1. The van der Waals surface area contributed by atoms with Gasteiger partial charge in [-0.05, 0) is 63.4 Å². The zero-order valence-corrected chi connectivity index (χ0v) is 15.1. The molecule has 2 unspecified atom stereocenters. The van der Waals surface area contributed by atoms with Crippen LogP contribution in [0.5, 0.6) is 0 Å². The summed E-state index contributed by atoms with van der Waals surface area (Å²) in [7, 11) is -3.30. The predicted octanol–water partition coefficient (Wildman–Crippen LogP) is 2.15. The van der Waals surface area contributed by atoms with E-state index in [0.29, 0.717) is 18.0 Å². The molecular weight excluding hydrogens is 336 g/mol. The van der Waals surface area contributed by atoms with E-state index in [0.717, 1.165) is 19.3 Å². The van der Waals surface area contributed by atoms with Crippen molar-refractivity contribution in [2.24, 2.45) is 11.7 Å². The molecular formula is C16H25ClN2O3S. The molecule has 7 heteroatoms. The molecule has 0 radical (unpaired) electrons. The average molecular weight is 361 g/mol. The van der Waals surface area contributed by atoms with Crippen LogP contribution in [-0.2, 0) is 9.84 Å². The van der Waals surface area contributed by atoms with Crippen LogP contribution in [0.4, 0.5) is 0 Å². The number of rotatable bonds is 5. The number of nitrogens with one attached hydrogen (secondary N) is 1. The summed E-state index contributed by atoms with van der Waals surface area (Å²) >= 11 is 0. The number of hydrogen-bond donors (Lipinski definition) is 2. The number of nitrogens with two attached hydrogens (primary N) is 1. The van der Waals surface area contributed by atoms with Crippen molar-refractivity contribution in [3.63, 3.8) is 0 Å². The second-order valence-electron chi connectivity index (χ2n) is 6.12. The summed E-state index contributed by atoms with van der Waals surface area (Å²) in [5.41, 5.74) is 6.19. The monoisotopic (exact) mass is 360 g/mol. The quantitative estimate of drug-likeness (QED) is 0.841. The second kappa shape index (κ2) is 8.13. The van der Waals surface area contributed by atoms with Gasteiger partial charge in [-0.25, -0.2) is 8.42 Å². The lowest BCUT2D eigenvalue weighted by molar-refractivity contribution is 0.0928. The number of benzene rings is 1. The van der Waals surface area contributed by atoms with Gasteiger partial charge in [-0.15, -0.1) is 12.4 Å². The standard InChI is InChI=1S/C16H24N2O3S.ClH/c1-11(2)22(20,21)14-8-6-12(7-9-14)16(19)18-15-5-3-4-13(15)10-17;/h6-9,11,13,15H,3-5,10,17H2,1-2H3,(H,18,19);1H. The predicted molar refractivity (Wildman–Crippen MR) is 93.7 cm³/mol. The first-order valence-electron chi connectivity index (χ1n) is 7.71. The number of amides is 1. The first-order chi connectivity index (χ1) is 10.4. The first kappa shape index (κ1) is 19.9. The van der Waals surface area contributed by atoms with E-state index in [1.54, 1.807) is 26.0 Å². The highest BCUT2D eigenvalue weighted by atomic mass is 35.5. The molecule has 2 rings (SSSR count). The maximum absolute atomic E-state index is 12.3. The van der Waals surface area contributed by atoms with Crippen LogP contribution >= 0.6 is 12.4 Å². The normalized spacial score (nSPS) is 21.0. The molecule has 0 heterocycles. The largest absolute Gasteiger partial charge is 0.349 e. The van der Waals surface area contributed by atoms with Crippen molar-refractivity contribution in [2.75, 3.05) is 6.54 Å². The fraction of sp³-hybridized carbons (Fsp3) is 0.562. The molecule has 1 amide bonds. The molecule has 1 aliphatic rings. The van der Waals surface area contributed by atoms with Crippen molar-refractivity contribution in [1.29, 1.82) is 0 Å². The summed E-state index contributed by atoms with van der Waals surface area (Å²) < 4.78 is 24.1. The third-order valence-electron chi connectivity index (χ3n) is 4.34. The Morgan fingerprint density at radius 2 is 1.87 bits per heavy atom. The van der Waals surface area contributed by atoms with E-state index in [-0.39, 0.29) is 29.3 Å². The third kappa shape index (κ3) is 4.46. The van der Waals surface area contributed by atoms with Crippen molar-refractivity contribution in [1.82, 2.24) is 5.32 Å². The van der Waals surface area contributed by atoms with Gasteiger partial charge < -0.3 is 11.1 Å². The molecule has 0 spiro atoms. The molecule has 1 fully saturated rings. The lowest BCUT2D eigenvalue weighted by Gasteiger charge is -2.19. The molecule has 0 saturated heterocycles. The molecule has 1 aliphatic carbocycles. The average Bonchev–Trinajstić information content (AvgIpc) is 2.94. The summed E-state index contributed by atoms with van der Waals surface area (Å²) in [5, 5.41) is 2.53. The summed E-state index contributed by atoms with van der Waals surface area (Å²) in [5.74, 6) is 0.170. The molecule has 1 aromatic carbocycles. The molecule has 3 N–H and O–H groups in total. The molecule has 130 valence electrons. The Morgan fingerprint density at radius 3 is 2.39 bits per heavy atom. The first-order valence-corrected chi connectivity index (χ1v) is 9.25. The highest BCUT2D eigenvalue weighted by molar-refractivity contribution is 7.92.